The van der Waals surface area contributed by atoms with Gasteiger partial charge in [0.05, 0.1) is 17.1 Å². The van der Waals surface area contributed by atoms with Gasteiger partial charge in [0.1, 0.15) is 5.78 Å². The second kappa shape index (κ2) is 4.70. The van der Waals surface area contributed by atoms with Crippen LogP contribution in [0.4, 0.5) is 0 Å². The van der Waals surface area contributed by atoms with Crippen LogP contribution in [0.5, 0.6) is 0 Å². The van der Waals surface area contributed by atoms with Crippen LogP contribution in [0.25, 0.3) is 0 Å². The molecule has 0 radical (unpaired) electrons. The number of hydrogen-bond acceptors (Lipinski definition) is 3. The van der Waals surface area contributed by atoms with E-state index >= 15 is 0 Å². The van der Waals surface area contributed by atoms with Gasteiger partial charge in [0.15, 0.2) is 0 Å². The second-order valence-corrected chi connectivity index (χ2v) is 8.98. The molecule has 6 aliphatic rings. The number of ether oxygens (including phenoxy) is 1. The zero-order chi connectivity index (χ0) is 15.8. The molecule has 6 rings (SSSR count). The number of nitrogens with one attached hydrogen (secondary N) is 1. The Labute approximate surface area is 139 Å². The van der Waals surface area contributed by atoms with E-state index in [-0.39, 0.29) is 17.1 Å². The number of piperidine rings is 1. The van der Waals surface area contributed by atoms with Crippen LogP contribution in [0.1, 0.15) is 71.6 Å². The van der Waals surface area contributed by atoms with Gasteiger partial charge in [-0.2, -0.15) is 0 Å². The predicted octanol–water partition coefficient (Wildman–Crippen LogP) is 3.52. The summed E-state index contributed by atoms with van der Waals surface area (Å²) in [6, 6.07) is 1.12. The first-order valence-electron chi connectivity index (χ1n) is 9.75. The molecule has 3 heterocycles. The monoisotopic (exact) mass is 315 g/mol. The molecule has 3 aliphatic heterocycles. The molecule has 0 aromatic carbocycles. The third kappa shape index (κ3) is 1.81. The number of hydrogen-bond donors (Lipinski definition) is 1. The lowest BCUT2D eigenvalue weighted by atomic mass is 9.62. The highest BCUT2D eigenvalue weighted by atomic mass is 16.5. The Morgan fingerprint density at radius 1 is 1.22 bits per heavy atom. The largest absolute Gasteiger partial charge is 0.363 e. The summed E-state index contributed by atoms with van der Waals surface area (Å²) in [6.07, 6.45) is 10.3. The van der Waals surface area contributed by atoms with E-state index in [1.165, 1.54) is 44.1 Å². The molecule has 0 aromatic heterocycles. The number of carbonyl (C=O) groups is 1. The Morgan fingerprint density at radius 3 is 2.91 bits per heavy atom. The molecule has 1 spiro atoms. The normalized spacial score (nSPS) is 52.0. The van der Waals surface area contributed by atoms with Crippen LogP contribution in [-0.2, 0) is 9.53 Å². The van der Waals surface area contributed by atoms with E-state index in [0.29, 0.717) is 30.2 Å². The van der Waals surface area contributed by atoms with Crippen molar-refractivity contribution in [2.45, 2.75) is 94.9 Å². The van der Waals surface area contributed by atoms with Crippen molar-refractivity contribution >= 4 is 5.78 Å². The van der Waals surface area contributed by atoms with Crippen molar-refractivity contribution < 1.29 is 9.53 Å². The zero-order valence-corrected chi connectivity index (χ0v) is 14.5. The molecule has 3 aliphatic carbocycles. The number of fused-ring (bicyclic) bond motifs is 1. The Balaban J connectivity index is 1.58. The molecule has 126 valence electrons. The van der Waals surface area contributed by atoms with Gasteiger partial charge in [0.2, 0.25) is 0 Å². The molecule has 2 saturated heterocycles. The molecule has 4 bridgehead atoms. The van der Waals surface area contributed by atoms with Crippen molar-refractivity contribution in [1.29, 1.82) is 0 Å². The maximum absolute atomic E-state index is 12.9. The third-order valence-corrected chi connectivity index (χ3v) is 7.63. The molecule has 3 nitrogen and oxygen atoms in total. The maximum Gasteiger partial charge on any atom is 0.146 e. The Kier molecular flexibility index (Phi) is 2.99. The molecule has 0 aromatic rings. The highest BCUT2D eigenvalue weighted by Crippen LogP contribution is 2.64. The number of ketones is 1. The standard InChI is InChI=1S/C20H29NO2/c1-12-6-5-8-16(21-12)15-10-13-14-7-3-4-9-20(14)11-17(22)18(13)19(15,2)23-20/h12,15-16,18,21H,3-11H2,1-2H3/t12-,15-,16-,18+,19?,20+/m1/s1. The minimum absolute atomic E-state index is 0.0708. The fourth-order valence-electron chi connectivity index (χ4n) is 6.79. The fraction of sp³-hybridized carbons (Fsp3) is 0.850. The predicted molar refractivity (Wildman–Crippen MR) is 89.2 cm³/mol. The maximum atomic E-state index is 12.9. The molecule has 23 heavy (non-hydrogen) atoms. The van der Waals surface area contributed by atoms with Crippen molar-refractivity contribution in [1.82, 2.24) is 5.32 Å². The van der Waals surface area contributed by atoms with E-state index in [4.69, 9.17) is 4.74 Å². The quantitative estimate of drug-likeness (QED) is 0.752. The van der Waals surface area contributed by atoms with Crippen LogP contribution in [0.2, 0.25) is 0 Å². The second-order valence-electron chi connectivity index (χ2n) is 8.98. The number of Topliss-reactive ketones (excluding diaryl/α,β-unsaturated/α-hetero) is 1. The first-order valence-corrected chi connectivity index (χ1v) is 9.75. The molecule has 3 heteroatoms. The smallest absolute Gasteiger partial charge is 0.146 e. The van der Waals surface area contributed by atoms with Gasteiger partial charge in [-0.15, -0.1) is 0 Å². The van der Waals surface area contributed by atoms with Gasteiger partial charge in [-0.3, -0.25) is 4.79 Å². The summed E-state index contributed by atoms with van der Waals surface area (Å²) in [4.78, 5) is 12.9. The minimum Gasteiger partial charge on any atom is -0.363 e. The lowest BCUT2D eigenvalue weighted by molar-refractivity contribution is -0.212. The van der Waals surface area contributed by atoms with Gasteiger partial charge in [-0.05, 0) is 64.4 Å². The van der Waals surface area contributed by atoms with E-state index in [1.807, 2.05) is 0 Å². The first-order chi connectivity index (χ1) is 11.0. The lowest BCUT2D eigenvalue weighted by Gasteiger charge is -2.57. The summed E-state index contributed by atoms with van der Waals surface area (Å²) in [5, 5.41) is 3.84. The Hall–Kier alpha value is -0.670. The van der Waals surface area contributed by atoms with Crippen molar-refractivity contribution in [3.8, 4) is 0 Å². The summed E-state index contributed by atoms with van der Waals surface area (Å²) in [5.41, 5.74) is 2.61. The summed E-state index contributed by atoms with van der Waals surface area (Å²) in [6.45, 7) is 4.56. The first kappa shape index (κ1) is 14.7. The average Bonchev–Trinajstić information content (AvgIpc) is 2.76. The highest BCUT2D eigenvalue weighted by Gasteiger charge is 2.68. The molecule has 1 unspecified atom stereocenters. The molecule has 4 fully saturated rings. The van der Waals surface area contributed by atoms with Gasteiger partial charge < -0.3 is 10.1 Å². The van der Waals surface area contributed by atoms with Crippen molar-refractivity contribution in [2.75, 3.05) is 0 Å². The van der Waals surface area contributed by atoms with Crippen LogP contribution in [0, 0.1) is 11.8 Å². The van der Waals surface area contributed by atoms with Crippen LogP contribution in [0.3, 0.4) is 0 Å². The lowest BCUT2D eigenvalue weighted by Crippen LogP contribution is -2.63. The Morgan fingerprint density at radius 2 is 2.09 bits per heavy atom. The van der Waals surface area contributed by atoms with Gasteiger partial charge in [-0.25, -0.2) is 0 Å². The number of rotatable bonds is 1. The van der Waals surface area contributed by atoms with E-state index in [1.54, 1.807) is 5.57 Å². The summed E-state index contributed by atoms with van der Waals surface area (Å²) in [7, 11) is 0. The fourth-order valence-corrected chi connectivity index (χ4v) is 6.79. The van der Waals surface area contributed by atoms with E-state index in [0.717, 1.165) is 12.8 Å². The molecular weight excluding hydrogens is 286 g/mol. The Bertz CT molecular complexity index is 596. The molecule has 1 N–H and O–H groups in total. The topological polar surface area (TPSA) is 38.3 Å². The zero-order valence-electron chi connectivity index (χ0n) is 14.5. The van der Waals surface area contributed by atoms with Gasteiger partial charge in [0, 0.05) is 24.4 Å². The SMILES string of the molecule is C[C@@H]1CCC[C@H]([C@H]2CC3=C4CCCC[C@]45CC(=O)[C@H]3C2(C)O5)N1. The summed E-state index contributed by atoms with van der Waals surface area (Å²) >= 11 is 0. The molecule has 2 saturated carbocycles. The average molecular weight is 315 g/mol. The van der Waals surface area contributed by atoms with E-state index < -0.39 is 0 Å². The van der Waals surface area contributed by atoms with Crippen molar-refractivity contribution in [3.63, 3.8) is 0 Å². The van der Waals surface area contributed by atoms with Crippen LogP contribution >= 0.6 is 0 Å². The summed E-state index contributed by atoms with van der Waals surface area (Å²) in [5.74, 6) is 1.02. The van der Waals surface area contributed by atoms with Crippen LogP contribution in [-0.4, -0.2) is 29.1 Å². The van der Waals surface area contributed by atoms with Crippen LogP contribution < -0.4 is 5.32 Å². The number of carbonyl (C=O) groups excluding carboxylic acids is 1. The van der Waals surface area contributed by atoms with Gasteiger partial charge in [0.25, 0.3) is 0 Å². The third-order valence-electron chi connectivity index (χ3n) is 7.63. The van der Waals surface area contributed by atoms with Crippen molar-refractivity contribution in [2.24, 2.45) is 11.8 Å². The van der Waals surface area contributed by atoms with E-state index in [9.17, 15) is 4.79 Å². The molecule has 0 amide bonds. The minimum atomic E-state index is -0.250. The van der Waals surface area contributed by atoms with E-state index in [2.05, 4.69) is 19.2 Å². The molecular formula is C20H29NO2. The van der Waals surface area contributed by atoms with Gasteiger partial charge in [-0.1, -0.05) is 12.0 Å². The van der Waals surface area contributed by atoms with Crippen molar-refractivity contribution in [3.05, 3.63) is 11.1 Å². The highest BCUT2D eigenvalue weighted by molar-refractivity contribution is 5.90. The van der Waals surface area contributed by atoms with Gasteiger partial charge >= 0.3 is 0 Å². The summed E-state index contributed by atoms with van der Waals surface area (Å²) < 4.78 is 6.91. The molecule has 6 atom stereocenters. The van der Waals surface area contributed by atoms with Crippen LogP contribution in [0.15, 0.2) is 11.1 Å².